The number of carbonyl (C=O) groups excluding carboxylic acids is 1. The molecule has 3 nitrogen and oxygen atoms in total. The fourth-order valence-electron chi connectivity index (χ4n) is 4.05. The number of likely N-dealkylation sites (N-methyl/N-ethyl adjacent to an activating group) is 1. The molecule has 0 radical (unpaired) electrons. The van der Waals surface area contributed by atoms with Gasteiger partial charge in [0.1, 0.15) is 0 Å². The number of nitrogens with zero attached hydrogens (tertiary/aromatic N) is 1. The Morgan fingerprint density at radius 2 is 1.86 bits per heavy atom. The summed E-state index contributed by atoms with van der Waals surface area (Å²) in [6, 6.07) is 15.0. The summed E-state index contributed by atoms with van der Waals surface area (Å²) in [7, 11) is 1.93. The Kier molecular flexibility index (Phi) is 2.80. The minimum Gasteiger partial charge on any atom is -0.382 e. The minimum atomic E-state index is 0.105. The molecule has 1 amide bonds. The summed E-state index contributed by atoms with van der Waals surface area (Å²) in [5.74, 6) is 0.421. The minimum absolute atomic E-state index is 0.105. The van der Waals surface area contributed by atoms with E-state index in [4.69, 9.17) is 0 Å². The second-order valence-electron chi connectivity index (χ2n) is 6.50. The van der Waals surface area contributed by atoms with Crippen molar-refractivity contribution in [2.45, 2.75) is 31.8 Å². The van der Waals surface area contributed by atoms with Crippen molar-refractivity contribution in [3.8, 4) is 0 Å². The van der Waals surface area contributed by atoms with Gasteiger partial charge in [-0.25, -0.2) is 0 Å². The van der Waals surface area contributed by atoms with Gasteiger partial charge in [-0.05, 0) is 37.1 Å². The molecule has 3 unspecified atom stereocenters. The molecule has 2 heterocycles. The maximum atomic E-state index is 12.6. The first kappa shape index (κ1) is 13.4. The molecule has 2 aliphatic rings. The molecule has 22 heavy (non-hydrogen) atoms. The Bertz CT molecular complexity index is 768. The van der Waals surface area contributed by atoms with Crippen molar-refractivity contribution in [1.82, 2.24) is 4.90 Å². The Hall–Kier alpha value is -2.29. The first-order valence-electron chi connectivity index (χ1n) is 7.81. The maximum Gasteiger partial charge on any atom is 0.254 e. The molecule has 0 bridgehead atoms. The second-order valence-corrected chi connectivity index (χ2v) is 6.50. The predicted octanol–water partition coefficient (Wildman–Crippen LogP) is 3.72. The van der Waals surface area contributed by atoms with E-state index in [-0.39, 0.29) is 17.9 Å². The topological polar surface area (TPSA) is 32.3 Å². The molecule has 4 rings (SSSR count). The van der Waals surface area contributed by atoms with Gasteiger partial charge < -0.3 is 10.2 Å². The molecule has 2 aromatic carbocycles. The van der Waals surface area contributed by atoms with Gasteiger partial charge in [-0.15, -0.1) is 0 Å². The van der Waals surface area contributed by atoms with E-state index in [0.717, 1.165) is 5.56 Å². The van der Waals surface area contributed by atoms with Crippen molar-refractivity contribution in [2.75, 3.05) is 12.4 Å². The molecular formula is C19H20N2O. The highest BCUT2D eigenvalue weighted by molar-refractivity contribution is 5.99. The average Bonchev–Trinajstić information content (AvgIpc) is 2.94. The van der Waals surface area contributed by atoms with Crippen LogP contribution < -0.4 is 5.32 Å². The predicted molar refractivity (Wildman–Crippen MR) is 88.3 cm³/mol. The van der Waals surface area contributed by atoms with Crippen LogP contribution in [0.15, 0.2) is 42.5 Å². The van der Waals surface area contributed by atoms with Gasteiger partial charge in [0.25, 0.3) is 5.91 Å². The smallest absolute Gasteiger partial charge is 0.254 e. The number of rotatable bonds is 1. The first-order chi connectivity index (χ1) is 10.6. The summed E-state index contributed by atoms with van der Waals surface area (Å²) in [5, 5.41) is 3.57. The molecule has 0 saturated carbocycles. The summed E-state index contributed by atoms with van der Waals surface area (Å²) in [6.07, 6.45) is 0. The van der Waals surface area contributed by atoms with E-state index in [2.05, 4.69) is 49.5 Å². The molecule has 2 aromatic rings. The molecule has 0 aliphatic carbocycles. The van der Waals surface area contributed by atoms with Gasteiger partial charge in [0, 0.05) is 30.3 Å². The number of carbonyl (C=O) groups is 1. The third-order valence-corrected chi connectivity index (χ3v) is 5.08. The summed E-state index contributed by atoms with van der Waals surface area (Å²) < 4.78 is 0. The van der Waals surface area contributed by atoms with Gasteiger partial charge in [0.05, 0.1) is 6.04 Å². The molecule has 0 saturated heterocycles. The summed E-state index contributed by atoms with van der Waals surface area (Å²) in [6.45, 7) is 4.29. The fraction of sp³-hybridized carbons (Fsp3) is 0.316. The van der Waals surface area contributed by atoms with Gasteiger partial charge in [-0.2, -0.15) is 0 Å². The average molecular weight is 292 g/mol. The third kappa shape index (κ3) is 1.71. The standard InChI is InChI=1S/C19H20N2O/c1-11-8-9-13-15(10-11)18(21(3)19(13)22)17-12(2)20-16-7-5-4-6-14(16)17/h4-10,12,17-18,20H,1-3H3. The Balaban J connectivity index is 1.87. The number of hydrogen-bond donors (Lipinski definition) is 1. The van der Waals surface area contributed by atoms with Crippen LogP contribution in [0.2, 0.25) is 0 Å². The highest BCUT2D eigenvalue weighted by Crippen LogP contribution is 2.49. The molecule has 0 fully saturated rings. The van der Waals surface area contributed by atoms with Gasteiger partial charge >= 0.3 is 0 Å². The Labute approximate surface area is 131 Å². The molecule has 0 aromatic heterocycles. The molecule has 1 N–H and O–H groups in total. The molecule has 2 aliphatic heterocycles. The van der Waals surface area contributed by atoms with Crippen molar-refractivity contribution in [3.63, 3.8) is 0 Å². The highest BCUT2D eigenvalue weighted by atomic mass is 16.2. The van der Waals surface area contributed by atoms with E-state index in [1.165, 1.54) is 22.4 Å². The van der Waals surface area contributed by atoms with Crippen LogP contribution in [0.25, 0.3) is 0 Å². The second kappa shape index (κ2) is 4.60. The zero-order valence-corrected chi connectivity index (χ0v) is 13.1. The fourth-order valence-corrected chi connectivity index (χ4v) is 4.05. The van der Waals surface area contributed by atoms with Crippen LogP contribution in [-0.2, 0) is 0 Å². The number of aryl methyl sites for hydroxylation is 1. The van der Waals surface area contributed by atoms with E-state index < -0.39 is 0 Å². The number of benzene rings is 2. The Morgan fingerprint density at radius 1 is 1.09 bits per heavy atom. The summed E-state index contributed by atoms with van der Waals surface area (Å²) >= 11 is 0. The lowest BCUT2D eigenvalue weighted by atomic mass is 9.84. The van der Waals surface area contributed by atoms with Crippen molar-refractivity contribution in [3.05, 3.63) is 64.7 Å². The van der Waals surface area contributed by atoms with Crippen LogP contribution in [0, 0.1) is 6.92 Å². The van der Waals surface area contributed by atoms with Gasteiger partial charge in [-0.1, -0.05) is 35.9 Å². The van der Waals surface area contributed by atoms with Crippen molar-refractivity contribution in [1.29, 1.82) is 0 Å². The number of para-hydroxylation sites is 1. The Morgan fingerprint density at radius 3 is 2.68 bits per heavy atom. The van der Waals surface area contributed by atoms with Crippen LogP contribution in [0.5, 0.6) is 0 Å². The van der Waals surface area contributed by atoms with E-state index in [9.17, 15) is 4.79 Å². The lowest BCUT2D eigenvalue weighted by molar-refractivity contribution is 0.0753. The van der Waals surface area contributed by atoms with Crippen molar-refractivity contribution < 1.29 is 4.79 Å². The molecule has 3 atom stereocenters. The first-order valence-corrected chi connectivity index (χ1v) is 7.81. The van der Waals surface area contributed by atoms with E-state index in [1.807, 2.05) is 24.1 Å². The normalized spacial score (nSPS) is 25.9. The van der Waals surface area contributed by atoms with E-state index in [0.29, 0.717) is 6.04 Å². The van der Waals surface area contributed by atoms with Crippen molar-refractivity contribution >= 4 is 11.6 Å². The van der Waals surface area contributed by atoms with E-state index in [1.54, 1.807) is 0 Å². The summed E-state index contributed by atoms with van der Waals surface area (Å²) in [5.41, 5.74) is 5.74. The number of hydrogen-bond acceptors (Lipinski definition) is 2. The maximum absolute atomic E-state index is 12.6. The quantitative estimate of drug-likeness (QED) is 0.869. The van der Waals surface area contributed by atoms with E-state index >= 15 is 0 Å². The van der Waals surface area contributed by atoms with Crippen LogP contribution in [0.4, 0.5) is 5.69 Å². The molecule has 3 heteroatoms. The third-order valence-electron chi connectivity index (χ3n) is 5.08. The largest absolute Gasteiger partial charge is 0.382 e. The number of fused-ring (bicyclic) bond motifs is 2. The highest BCUT2D eigenvalue weighted by Gasteiger charge is 2.44. The lowest BCUT2D eigenvalue weighted by Crippen LogP contribution is -2.32. The zero-order chi connectivity index (χ0) is 15.4. The van der Waals surface area contributed by atoms with Gasteiger partial charge in [0.15, 0.2) is 0 Å². The summed E-state index contributed by atoms with van der Waals surface area (Å²) in [4.78, 5) is 14.5. The molecular weight excluding hydrogens is 272 g/mol. The van der Waals surface area contributed by atoms with Gasteiger partial charge in [0.2, 0.25) is 0 Å². The monoisotopic (exact) mass is 292 g/mol. The van der Waals surface area contributed by atoms with Crippen LogP contribution in [0.3, 0.4) is 0 Å². The zero-order valence-electron chi connectivity index (χ0n) is 13.1. The molecule has 0 spiro atoms. The van der Waals surface area contributed by atoms with Crippen LogP contribution in [-0.4, -0.2) is 23.9 Å². The number of anilines is 1. The molecule has 112 valence electrons. The lowest BCUT2D eigenvalue weighted by Gasteiger charge is -2.30. The van der Waals surface area contributed by atoms with Crippen LogP contribution in [0.1, 0.15) is 45.9 Å². The van der Waals surface area contributed by atoms with Crippen molar-refractivity contribution in [2.24, 2.45) is 0 Å². The van der Waals surface area contributed by atoms with Crippen LogP contribution >= 0.6 is 0 Å². The number of nitrogens with one attached hydrogen (secondary N) is 1. The number of amides is 1. The van der Waals surface area contributed by atoms with Gasteiger partial charge in [-0.3, -0.25) is 4.79 Å². The SMILES string of the molecule is Cc1ccc2c(c1)C(C1c3ccccc3NC1C)N(C)C2=O.